The van der Waals surface area contributed by atoms with Crippen molar-refractivity contribution in [1.82, 2.24) is 0 Å². The van der Waals surface area contributed by atoms with Crippen molar-refractivity contribution in [2.75, 3.05) is 14.7 Å². The Hall–Kier alpha value is -15.2. The summed E-state index contributed by atoms with van der Waals surface area (Å²) in [5.41, 5.74) is 38.2. The summed E-state index contributed by atoms with van der Waals surface area (Å²) in [5, 5.41) is 12.1. The Morgan fingerprint density at radius 1 is 0.175 bits per heavy atom. The first-order valence-corrected chi connectivity index (χ1v) is 49.0. The number of para-hydroxylation sites is 7. The summed E-state index contributed by atoms with van der Waals surface area (Å²) in [4.78, 5) is 7.20. The van der Waals surface area contributed by atoms with E-state index >= 15 is 0 Å². The van der Waals surface area contributed by atoms with E-state index < -0.39 is 0 Å². The van der Waals surface area contributed by atoms with Crippen molar-refractivity contribution in [3.63, 3.8) is 0 Å². The lowest BCUT2D eigenvalue weighted by Crippen LogP contribution is -2.43. The molecule has 0 radical (unpaired) electrons. The summed E-state index contributed by atoms with van der Waals surface area (Å²) >= 11 is 1.86. The predicted molar refractivity (Wildman–Crippen MR) is 577 cm³/mol. The number of hydrogen-bond acceptors (Lipinski definition) is 8. The van der Waals surface area contributed by atoms with Gasteiger partial charge in [-0.15, -0.1) is 11.3 Å². The van der Waals surface area contributed by atoms with E-state index in [1.165, 1.54) is 153 Å². The van der Waals surface area contributed by atoms with Gasteiger partial charge >= 0.3 is 0 Å². The quantitative estimate of drug-likeness (QED) is 0.143. The molecule has 0 N–H and O–H groups in total. The average molecular weight is 1790 g/mol. The topological polar surface area (TPSA) is 62.3 Å². The highest BCUT2D eigenvalue weighted by atomic mass is 32.1. The molecule has 0 unspecified atom stereocenters. The summed E-state index contributed by atoms with van der Waals surface area (Å²) in [7, 11) is 0. The molecular formula is C129H105N3O4S. The molecule has 137 heavy (non-hydrogen) atoms. The van der Waals surface area contributed by atoms with Crippen LogP contribution in [0.25, 0.3) is 152 Å². The van der Waals surface area contributed by atoms with E-state index in [0.717, 1.165) is 94.9 Å². The SMILES string of the molecule is CC1(C)c2cc(N(c3ccccc3)c3ccc4c(c3)oc3ccccc34)ccc2-c2cc3c(cc2C1(C)C)oc1ccccc13.CC1(C)c2cc(N(c3ccccc3)c3ccc4sc5ccccc5c4c3)ccc2-c2ccc3oc4ccccc4c3c2C1(C)C.CC1(C)c2ccccc2-c2ccc(N(c3ccccc3)c3ccc4c(c3)C(C)(C)C(C)(C)c3c-4ccc4oc5ccccc5c34)cc21. The van der Waals surface area contributed by atoms with E-state index in [0.29, 0.717) is 0 Å². The van der Waals surface area contributed by atoms with Crippen molar-refractivity contribution in [3.8, 4) is 44.5 Å². The van der Waals surface area contributed by atoms with Crippen LogP contribution in [0.4, 0.5) is 51.2 Å². The third kappa shape index (κ3) is 12.5. The molecule has 0 saturated carbocycles. The largest absolute Gasteiger partial charge is 0.456 e. The third-order valence-corrected chi connectivity index (χ3v) is 34.1. The van der Waals surface area contributed by atoms with Crippen LogP contribution >= 0.6 is 11.3 Å². The fraction of sp³-hybridized carbons (Fsp3) is 0.163. The molecule has 7 nitrogen and oxygen atoms in total. The highest BCUT2D eigenvalue weighted by molar-refractivity contribution is 7.25. The molecule has 27 rings (SSSR count). The summed E-state index contributed by atoms with van der Waals surface area (Å²) in [6.45, 7) is 33.5. The number of nitrogens with zero attached hydrogens (tertiary/aromatic N) is 3. The molecule has 5 heterocycles. The van der Waals surface area contributed by atoms with Crippen LogP contribution in [0.15, 0.2) is 400 Å². The number of furan rings is 4. The maximum atomic E-state index is 6.38. The molecule has 5 aromatic heterocycles. The lowest BCUT2D eigenvalue weighted by atomic mass is 9.55. The van der Waals surface area contributed by atoms with Crippen molar-refractivity contribution in [2.45, 2.75) is 135 Å². The van der Waals surface area contributed by atoms with Gasteiger partial charge in [0.25, 0.3) is 0 Å². The fourth-order valence-corrected chi connectivity index (χ4v) is 24.8. The lowest BCUT2D eigenvalue weighted by molar-refractivity contribution is 0.299. The molecule has 666 valence electrons. The van der Waals surface area contributed by atoms with Gasteiger partial charge in [-0.2, -0.15) is 0 Å². The minimum atomic E-state index is -0.166. The zero-order valence-electron chi connectivity index (χ0n) is 79.8. The molecule has 0 atom stereocenters. The molecular weight excluding hydrogens is 1690 g/mol. The van der Waals surface area contributed by atoms with Crippen LogP contribution in [0.5, 0.6) is 0 Å². The van der Waals surface area contributed by atoms with Crippen LogP contribution in [0.1, 0.15) is 141 Å². The first kappa shape index (κ1) is 83.6. The second-order valence-corrected chi connectivity index (χ2v) is 42.9. The first-order valence-electron chi connectivity index (χ1n) is 48.2. The normalized spacial score (nSPS) is 15.5. The maximum Gasteiger partial charge on any atom is 0.137 e. The molecule has 18 aromatic carbocycles. The molecule has 0 saturated heterocycles. The van der Waals surface area contributed by atoms with Gasteiger partial charge in [-0.3, -0.25) is 0 Å². The van der Waals surface area contributed by atoms with E-state index in [2.05, 4.69) is 476 Å². The second-order valence-electron chi connectivity index (χ2n) is 41.8. The van der Waals surface area contributed by atoms with Crippen LogP contribution < -0.4 is 14.7 Å². The Morgan fingerprint density at radius 2 is 0.489 bits per heavy atom. The van der Waals surface area contributed by atoms with Crippen molar-refractivity contribution in [1.29, 1.82) is 0 Å². The number of hydrogen-bond donors (Lipinski definition) is 0. The minimum absolute atomic E-state index is 0.0710. The number of rotatable bonds is 9. The Labute approximate surface area is 803 Å². The molecule has 0 amide bonds. The standard InChI is InChI=1S/C45H39NO.C42H33NO2.C42H33NOS/c1-43(2)36-18-12-10-16-31(36)32-22-20-29(26-37(32)43)46(28-14-8-7-9-15-28)30-21-23-33-34-24-25-40-41(35-17-11-13-19-39(35)47-40)42(34)45(5,6)44(3,4)38(33)27-30;1-41(2)35-22-27(18-20-29(35)33-24-34-31-15-9-11-17-38(31)45-40(34)25-36(33)42(41,3)4)43(26-12-6-5-7-13-26)28-19-21-32-30-14-8-10-16-37(30)44-39(32)23-28;1-41(2)34-25-28(18-20-29(34)31-21-22-36-39(40(31)42(41,3)4)32-15-8-10-16-35(32)44-36)43(26-12-6-5-7-13-26)27-19-23-38-33(24-27)30-14-9-11-17-37(30)45-38/h7-27H,1-6H3;2*5-25H,1-4H3. The van der Waals surface area contributed by atoms with Gasteiger partial charge in [-0.05, 0) is 281 Å². The maximum absolute atomic E-state index is 6.38. The average Bonchev–Trinajstić information content (AvgIpc) is 1.69. The third-order valence-electron chi connectivity index (χ3n) is 33.0. The van der Waals surface area contributed by atoms with Crippen LogP contribution in [0.2, 0.25) is 0 Å². The Balaban J connectivity index is 0.000000109. The van der Waals surface area contributed by atoms with Gasteiger partial charge in [-0.1, -0.05) is 303 Å². The van der Waals surface area contributed by atoms with Crippen LogP contribution in [-0.2, 0) is 37.9 Å². The highest BCUT2D eigenvalue weighted by Crippen LogP contribution is 2.63. The van der Waals surface area contributed by atoms with E-state index in [1.54, 1.807) is 0 Å². The highest BCUT2D eigenvalue weighted by Gasteiger charge is 2.51. The number of fused-ring (bicyclic) bond motifs is 29. The Kier molecular flexibility index (Phi) is 18.5. The minimum Gasteiger partial charge on any atom is -0.456 e. The molecule has 8 heteroatoms. The van der Waals surface area contributed by atoms with Crippen molar-refractivity contribution >= 4 is 170 Å². The number of anilines is 9. The summed E-state index contributed by atoms with van der Waals surface area (Å²) in [6, 6.07) is 139. The van der Waals surface area contributed by atoms with E-state index in [4.69, 9.17) is 17.7 Å². The first-order chi connectivity index (χ1) is 66.2. The molecule has 0 spiro atoms. The van der Waals surface area contributed by atoms with Crippen LogP contribution in [0.3, 0.4) is 0 Å². The van der Waals surface area contributed by atoms with Crippen LogP contribution in [0, 0.1) is 0 Å². The Morgan fingerprint density at radius 3 is 0.978 bits per heavy atom. The van der Waals surface area contributed by atoms with Gasteiger partial charge < -0.3 is 32.4 Å². The number of thiophene rings is 1. The molecule has 23 aromatic rings. The second kappa shape index (κ2) is 30.4. The van der Waals surface area contributed by atoms with E-state index in [-0.39, 0.29) is 37.9 Å². The van der Waals surface area contributed by atoms with Crippen molar-refractivity contribution in [3.05, 3.63) is 427 Å². The van der Waals surface area contributed by atoms with Gasteiger partial charge in [-0.25, -0.2) is 0 Å². The number of benzene rings is 18. The summed E-state index contributed by atoms with van der Waals surface area (Å²) < 4.78 is 28.1. The molecule has 0 bridgehead atoms. The van der Waals surface area contributed by atoms with Gasteiger partial charge in [0.05, 0.1) is 0 Å². The van der Waals surface area contributed by atoms with Gasteiger partial charge in [0.15, 0.2) is 0 Å². The predicted octanol–water partition coefficient (Wildman–Crippen LogP) is 37.4. The van der Waals surface area contributed by atoms with E-state index in [9.17, 15) is 0 Å². The summed E-state index contributed by atoms with van der Waals surface area (Å²) in [5.74, 6) is 0. The monoisotopic (exact) mass is 1790 g/mol. The molecule has 4 aliphatic rings. The van der Waals surface area contributed by atoms with Crippen LogP contribution in [-0.4, -0.2) is 0 Å². The van der Waals surface area contributed by atoms with Crippen molar-refractivity contribution < 1.29 is 17.7 Å². The van der Waals surface area contributed by atoms with Gasteiger partial charge in [0.1, 0.15) is 44.7 Å². The lowest BCUT2D eigenvalue weighted by Gasteiger charge is -2.49. The summed E-state index contributed by atoms with van der Waals surface area (Å²) in [6.07, 6.45) is 0. The zero-order chi connectivity index (χ0) is 93.3. The molecule has 0 aliphatic heterocycles. The zero-order valence-corrected chi connectivity index (χ0v) is 80.6. The van der Waals surface area contributed by atoms with Gasteiger partial charge in [0.2, 0.25) is 0 Å². The Bertz CT molecular complexity index is 8900. The smallest absolute Gasteiger partial charge is 0.137 e. The molecule has 0 fully saturated rings. The molecule has 4 aliphatic carbocycles. The fourth-order valence-electron chi connectivity index (χ4n) is 23.7. The van der Waals surface area contributed by atoms with E-state index in [1.807, 2.05) is 29.5 Å². The van der Waals surface area contributed by atoms with Gasteiger partial charge in [0, 0.05) is 137 Å². The van der Waals surface area contributed by atoms with Crippen molar-refractivity contribution in [2.24, 2.45) is 0 Å².